The minimum absolute atomic E-state index is 0.0361. The second kappa shape index (κ2) is 33.1. The van der Waals surface area contributed by atoms with Crippen molar-refractivity contribution in [2.75, 3.05) is 13.2 Å². The molecule has 1 saturated carbocycles. The summed E-state index contributed by atoms with van der Waals surface area (Å²) >= 11 is 0. The highest BCUT2D eigenvalue weighted by Gasteiger charge is 2.39. The lowest BCUT2D eigenvalue weighted by atomic mass is 9.88. The molecule has 0 radical (unpaired) electrons. The molecule has 6 atom stereocenters. The summed E-state index contributed by atoms with van der Waals surface area (Å²) in [5.41, 5.74) is 0. The highest BCUT2D eigenvalue weighted by molar-refractivity contribution is 5.70. The average Bonchev–Trinajstić information content (AvgIpc) is 3.39. The van der Waals surface area contributed by atoms with E-state index < -0.39 is 30.4 Å². The van der Waals surface area contributed by atoms with Crippen LogP contribution < -0.4 is 0 Å². The summed E-state index contributed by atoms with van der Waals surface area (Å²) in [6.45, 7) is 3.89. The second-order valence-electron chi connectivity index (χ2n) is 15.4. The summed E-state index contributed by atoms with van der Waals surface area (Å²) < 4.78 is 10.6. The summed E-state index contributed by atoms with van der Waals surface area (Å²) in [6, 6.07) is 0. The Morgan fingerprint density at radius 2 is 1.12 bits per heavy atom. The standard InChI is InChI=1S/C43H80O8/c1-3-5-7-8-9-10-11-12-13-14-15-16-17-18-19-20-25-29-42(48)50-35-37(34-44)51-43(49)30-26-22-21-24-28-38-39(41(47)33-40(38)46)32-31-36(45)27-23-6-4-2/h31-32,36-41,44-47H,3-30,33-35H2,1-2H3/b32-31+/t36-,37-,38+,39+,40-,41+/m0/s1. The van der Waals surface area contributed by atoms with Crippen molar-refractivity contribution in [3.8, 4) is 0 Å². The number of aliphatic hydroxyl groups is 4. The summed E-state index contributed by atoms with van der Waals surface area (Å²) in [5.74, 6) is -0.911. The molecule has 0 heterocycles. The van der Waals surface area contributed by atoms with Gasteiger partial charge in [-0.15, -0.1) is 0 Å². The van der Waals surface area contributed by atoms with Gasteiger partial charge in [0.25, 0.3) is 0 Å². The first-order valence-electron chi connectivity index (χ1n) is 21.5. The summed E-state index contributed by atoms with van der Waals surface area (Å²) in [4.78, 5) is 24.5. The van der Waals surface area contributed by atoms with E-state index in [1.807, 2.05) is 6.08 Å². The van der Waals surface area contributed by atoms with Crippen molar-refractivity contribution in [1.29, 1.82) is 0 Å². The van der Waals surface area contributed by atoms with E-state index in [4.69, 9.17) is 9.47 Å². The SMILES string of the molecule is CCCCCCCCCCCCCCCCCCCC(=O)OC[C@H](CO)OC(=O)CCCCCC[C@@H]1[C@@H](/C=C/[C@@H](O)CCCCC)[C@H](O)C[C@@H]1O. The van der Waals surface area contributed by atoms with Gasteiger partial charge in [0.1, 0.15) is 6.61 Å². The van der Waals surface area contributed by atoms with Crippen LogP contribution in [0.4, 0.5) is 0 Å². The number of carbonyl (C=O) groups excluding carboxylic acids is 2. The maximum Gasteiger partial charge on any atom is 0.306 e. The molecule has 51 heavy (non-hydrogen) atoms. The average molecular weight is 725 g/mol. The van der Waals surface area contributed by atoms with Crippen LogP contribution in [-0.2, 0) is 19.1 Å². The zero-order chi connectivity index (χ0) is 37.4. The first kappa shape index (κ1) is 47.5. The van der Waals surface area contributed by atoms with Gasteiger partial charge in [0, 0.05) is 25.2 Å². The van der Waals surface area contributed by atoms with Crippen molar-refractivity contribution >= 4 is 11.9 Å². The van der Waals surface area contributed by atoms with Crippen LogP contribution in [0.25, 0.3) is 0 Å². The minimum Gasteiger partial charge on any atom is -0.462 e. The van der Waals surface area contributed by atoms with Gasteiger partial charge in [-0.1, -0.05) is 167 Å². The second-order valence-corrected chi connectivity index (χ2v) is 15.4. The fourth-order valence-corrected chi connectivity index (χ4v) is 7.36. The highest BCUT2D eigenvalue weighted by Crippen LogP contribution is 2.37. The Kier molecular flexibility index (Phi) is 30.9. The number of carbonyl (C=O) groups is 2. The van der Waals surface area contributed by atoms with E-state index in [2.05, 4.69) is 13.8 Å². The molecular weight excluding hydrogens is 644 g/mol. The first-order valence-corrected chi connectivity index (χ1v) is 21.5. The Bertz CT molecular complexity index is 848. The van der Waals surface area contributed by atoms with E-state index in [0.717, 1.165) is 64.2 Å². The Morgan fingerprint density at radius 3 is 1.65 bits per heavy atom. The molecule has 1 aliphatic carbocycles. The van der Waals surface area contributed by atoms with Gasteiger partial charge >= 0.3 is 11.9 Å². The number of esters is 2. The third-order valence-corrected chi connectivity index (χ3v) is 10.7. The van der Waals surface area contributed by atoms with Crippen LogP contribution in [0.5, 0.6) is 0 Å². The first-order chi connectivity index (χ1) is 24.8. The van der Waals surface area contributed by atoms with E-state index >= 15 is 0 Å². The van der Waals surface area contributed by atoms with Crippen LogP contribution in [0.2, 0.25) is 0 Å². The van der Waals surface area contributed by atoms with Crippen LogP contribution in [-0.4, -0.2) is 70.0 Å². The molecule has 0 amide bonds. The molecule has 300 valence electrons. The molecule has 8 heteroatoms. The molecule has 0 unspecified atom stereocenters. The summed E-state index contributed by atoms with van der Waals surface area (Å²) in [6.07, 6.45) is 32.0. The van der Waals surface area contributed by atoms with Crippen molar-refractivity contribution in [2.45, 2.75) is 224 Å². The van der Waals surface area contributed by atoms with Gasteiger partial charge in [0.15, 0.2) is 6.10 Å². The largest absolute Gasteiger partial charge is 0.462 e. The predicted octanol–water partition coefficient (Wildman–Crippen LogP) is 9.67. The van der Waals surface area contributed by atoms with Crippen molar-refractivity contribution in [1.82, 2.24) is 0 Å². The van der Waals surface area contributed by atoms with Crippen molar-refractivity contribution in [3.05, 3.63) is 12.2 Å². The van der Waals surface area contributed by atoms with E-state index in [1.54, 1.807) is 6.08 Å². The molecule has 1 fully saturated rings. The third kappa shape index (κ3) is 26.0. The normalized spacial score (nSPS) is 20.2. The Labute approximate surface area is 312 Å². The minimum atomic E-state index is -0.845. The molecule has 0 aliphatic heterocycles. The van der Waals surface area contributed by atoms with Crippen molar-refractivity contribution < 1.29 is 39.5 Å². The molecule has 0 aromatic heterocycles. The Hall–Kier alpha value is -1.48. The van der Waals surface area contributed by atoms with Gasteiger partial charge in [0.05, 0.1) is 24.9 Å². The molecule has 0 spiro atoms. The van der Waals surface area contributed by atoms with Gasteiger partial charge in [-0.3, -0.25) is 9.59 Å². The topological polar surface area (TPSA) is 134 Å². The van der Waals surface area contributed by atoms with Gasteiger partial charge in [0.2, 0.25) is 0 Å². The number of rotatable bonds is 35. The lowest BCUT2D eigenvalue weighted by Gasteiger charge is -2.21. The summed E-state index contributed by atoms with van der Waals surface area (Å²) in [5, 5.41) is 40.8. The molecule has 1 rings (SSSR count). The number of unbranched alkanes of at least 4 members (excludes halogenated alkanes) is 21. The van der Waals surface area contributed by atoms with Crippen LogP contribution in [0, 0.1) is 11.8 Å². The van der Waals surface area contributed by atoms with E-state index in [0.29, 0.717) is 25.7 Å². The van der Waals surface area contributed by atoms with Crippen LogP contribution in [0.1, 0.15) is 200 Å². The Balaban J connectivity index is 2.04. The third-order valence-electron chi connectivity index (χ3n) is 10.7. The van der Waals surface area contributed by atoms with Crippen molar-refractivity contribution in [3.63, 3.8) is 0 Å². The van der Waals surface area contributed by atoms with Gasteiger partial charge in [-0.05, 0) is 31.6 Å². The smallest absolute Gasteiger partial charge is 0.306 e. The molecule has 0 aromatic carbocycles. The van der Waals surface area contributed by atoms with Crippen LogP contribution >= 0.6 is 0 Å². The van der Waals surface area contributed by atoms with Gasteiger partial charge in [-0.2, -0.15) is 0 Å². The number of hydrogen-bond donors (Lipinski definition) is 4. The molecule has 4 N–H and O–H groups in total. The van der Waals surface area contributed by atoms with E-state index in [-0.39, 0.29) is 37.4 Å². The maximum absolute atomic E-state index is 12.3. The predicted molar refractivity (Wildman–Crippen MR) is 207 cm³/mol. The monoisotopic (exact) mass is 725 g/mol. The molecule has 0 aromatic rings. The fourth-order valence-electron chi connectivity index (χ4n) is 7.36. The molecule has 1 aliphatic rings. The highest BCUT2D eigenvalue weighted by atomic mass is 16.6. The number of ether oxygens (including phenoxy) is 2. The van der Waals surface area contributed by atoms with Gasteiger partial charge < -0.3 is 29.9 Å². The molecular formula is C43H80O8. The fraction of sp³-hybridized carbons (Fsp3) is 0.907. The van der Waals surface area contributed by atoms with Gasteiger partial charge in [-0.25, -0.2) is 0 Å². The van der Waals surface area contributed by atoms with E-state index in [9.17, 15) is 30.0 Å². The lowest BCUT2D eigenvalue weighted by molar-refractivity contribution is -0.161. The molecule has 8 nitrogen and oxygen atoms in total. The van der Waals surface area contributed by atoms with Crippen LogP contribution in [0.3, 0.4) is 0 Å². The van der Waals surface area contributed by atoms with Crippen molar-refractivity contribution in [2.24, 2.45) is 11.8 Å². The lowest BCUT2D eigenvalue weighted by Crippen LogP contribution is -2.28. The summed E-state index contributed by atoms with van der Waals surface area (Å²) in [7, 11) is 0. The van der Waals surface area contributed by atoms with Crippen LogP contribution in [0.15, 0.2) is 12.2 Å². The number of aliphatic hydroxyl groups excluding tert-OH is 4. The molecule has 0 saturated heterocycles. The zero-order valence-electron chi connectivity index (χ0n) is 33.0. The Morgan fingerprint density at radius 1 is 0.647 bits per heavy atom. The molecule has 0 bridgehead atoms. The quantitative estimate of drug-likeness (QED) is 0.0289. The van der Waals surface area contributed by atoms with E-state index in [1.165, 1.54) is 89.9 Å². The number of hydrogen-bond acceptors (Lipinski definition) is 8. The maximum atomic E-state index is 12.3. The zero-order valence-corrected chi connectivity index (χ0v) is 33.0.